The lowest BCUT2D eigenvalue weighted by Crippen LogP contribution is -1.88. The molecule has 0 heterocycles. The Morgan fingerprint density at radius 3 is 2.73 bits per heavy atom. The number of nitrogen functional groups attached to an aromatic ring is 1. The molecule has 0 spiro atoms. The number of nitrogens with two attached hydrogens (primary N) is 1. The summed E-state index contributed by atoms with van der Waals surface area (Å²) in [6, 6.07) is 8.68. The van der Waals surface area contributed by atoms with Gasteiger partial charge in [0.05, 0.1) is 5.69 Å². The molecule has 2 aromatic carbocycles. The van der Waals surface area contributed by atoms with Crippen molar-refractivity contribution in [3.63, 3.8) is 0 Å². The minimum Gasteiger partial charge on any atom is -0.507 e. The summed E-state index contributed by atoms with van der Waals surface area (Å²) in [6.07, 6.45) is 0. The summed E-state index contributed by atoms with van der Waals surface area (Å²) in [5, 5.41) is 17.9. The third kappa shape index (κ3) is 1.52. The topological polar surface area (TPSA) is 71.0 Å². The second-order valence-electron chi connectivity index (χ2n) is 3.09. The molecule has 2 radical (unpaired) electrons. The minimum atomic E-state index is 0.124. The number of benzene rings is 2. The van der Waals surface area contributed by atoms with Crippen LogP contribution in [0.1, 0.15) is 0 Å². The van der Waals surface area contributed by atoms with Crippen LogP contribution in [0.25, 0.3) is 10.8 Å². The molecule has 0 aliphatic rings. The average Bonchev–Trinajstić information content (AvgIpc) is 2.22. The number of phenols is 1. The zero-order valence-electron chi connectivity index (χ0n) is 7.88. The Morgan fingerprint density at radius 2 is 2.00 bits per heavy atom. The molecule has 3 N–H and O–H groups in total. The zero-order chi connectivity index (χ0) is 10.8. The number of aromatic hydroxyl groups is 1. The Hall–Kier alpha value is -2.04. The first-order valence-corrected chi connectivity index (χ1v) is 4.35. The van der Waals surface area contributed by atoms with Crippen LogP contribution in [-0.4, -0.2) is 13.1 Å². The Labute approximate surface area is 87.9 Å². The summed E-state index contributed by atoms with van der Waals surface area (Å²) >= 11 is 0. The SMILES string of the molecule is [B]N=Nc1ccc2cccc(O)c2c1N. The minimum absolute atomic E-state index is 0.124. The number of hydrogen-bond donors (Lipinski definition) is 2. The number of fused-ring (bicyclic) bond motifs is 1. The highest BCUT2D eigenvalue weighted by Crippen LogP contribution is 2.36. The van der Waals surface area contributed by atoms with Crippen LogP contribution in [0.4, 0.5) is 11.4 Å². The molecule has 0 fully saturated rings. The van der Waals surface area contributed by atoms with Crippen LogP contribution in [0.2, 0.25) is 0 Å². The fourth-order valence-corrected chi connectivity index (χ4v) is 1.53. The average molecular weight is 197 g/mol. The molecule has 0 aliphatic heterocycles. The van der Waals surface area contributed by atoms with Gasteiger partial charge in [-0.1, -0.05) is 18.2 Å². The Kier molecular flexibility index (Phi) is 2.29. The molecular weight excluding hydrogens is 189 g/mol. The quantitative estimate of drug-likeness (QED) is 0.418. The van der Waals surface area contributed by atoms with E-state index in [0.717, 1.165) is 5.39 Å². The van der Waals surface area contributed by atoms with Crippen molar-refractivity contribution in [2.75, 3.05) is 5.73 Å². The lowest BCUT2D eigenvalue weighted by atomic mass is 10.1. The van der Waals surface area contributed by atoms with Crippen LogP contribution in [0.15, 0.2) is 40.5 Å². The third-order valence-electron chi connectivity index (χ3n) is 2.21. The molecule has 0 aliphatic carbocycles. The maximum Gasteiger partial charge on any atom is 0.293 e. The van der Waals surface area contributed by atoms with Crippen molar-refractivity contribution in [3.8, 4) is 5.75 Å². The van der Waals surface area contributed by atoms with E-state index in [4.69, 9.17) is 13.7 Å². The second kappa shape index (κ2) is 3.61. The van der Waals surface area contributed by atoms with Crippen molar-refractivity contribution in [1.82, 2.24) is 0 Å². The first kappa shape index (κ1) is 9.52. The molecule has 0 bridgehead atoms. The molecule has 2 rings (SSSR count). The molecular formula is C10H8BN3O. The van der Waals surface area contributed by atoms with E-state index >= 15 is 0 Å². The normalized spacial score (nSPS) is 11.2. The highest BCUT2D eigenvalue weighted by Gasteiger charge is 2.07. The fraction of sp³-hybridized carbons (Fsp3) is 0. The maximum absolute atomic E-state index is 9.66. The van der Waals surface area contributed by atoms with Crippen LogP contribution in [0, 0.1) is 0 Å². The van der Waals surface area contributed by atoms with Crippen molar-refractivity contribution in [3.05, 3.63) is 30.3 Å². The smallest absolute Gasteiger partial charge is 0.293 e. The van der Waals surface area contributed by atoms with Gasteiger partial charge in [-0.2, -0.15) is 5.11 Å². The van der Waals surface area contributed by atoms with Gasteiger partial charge in [-0.15, -0.1) is 0 Å². The number of phenolic OH excluding ortho intramolecular Hbond substituents is 1. The van der Waals surface area contributed by atoms with E-state index in [1.165, 1.54) is 0 Å². The molecule has 15 heavy (non-hydrogen) atoms. The lowest BCUT2D eigenvalue weighted by molar-refractivity contribution is 0.482. The maximum atomic E-state index is 9.66. The van der Waals surface area contributed by atoms with E-state index < -0.39 is 0 Å². The van der Waals surface area contributed by atoms with Crippen LogP contribution in [-0.2, 0) is 0 Å². The summed E-state index contributed by atoms with van der Waals surface area (Å²) in [7, 11) is 4.95. The Balaban J connectivity index is 2.82. The van der Waals surface area contributed by atoms with Gasteiger partial charge in [0.1, 0.15) is 11.4 Å². The number of rotatable bonds is 1. The molecule has 0 aromatic heterocycles. The molecule has 72 valence electrons. The standard InChI is InChI=1S/C10H8BN3O/c11-14-13-7-5-4-6-2-1-3-8(15)9(6)10(7)12/h1-5,15H,12H2. The predicted octanol–water partition coefficient (Wildman–Crippen LogP) is 2.29. The highest BCUT2D eigenvalue weighted by atomic mass is 16.3. The first-order chi connectivity index (χ1) is 7.24. The number of hydrogen-bond acceptors (Lipinski definition) is 4. The predicted molar refractivity (Wildman–Crippen MR) is 60.3 cm³/mol. The van der Waals surface area contributed by atoms with E-state index in [0.29, 0.717) is 16.8 Å². The first-order valence-electron chi connectivity index (χ1n) is 4.35. The number of anilines is 1. The van der Waals surface area contributed by atoms with Crippen LogP contribution < -0.4 is 5.73 Å². The summed E-state index contributed by atoms with van der Waals surface area (Å²) in [5.41, 5.74) is 6.66. The van der Waals surface area contributed by atoms with Gasteiger partial charge in [0.15, 0.2) is 0 Å². The van der Waals surface area contributed by atoms with Gasteiger partial charge >= 0.3 is 0 Å². The van der Waals surface area contributed by atoms with Crippen molar-refractivity contribution < 1.29 is 5.11 Å². The Bertz CT molecular complexity index is 539. The zero-order valence-corrected chi connectivity index (χ0v) is 7.88. The Morgan fingerprint density at radius 1 is 1.20 bits per heavy atom. The van der Waals surface area contributed by atoms with Crippen molar-refractivity contribution in [2.45, 2.75) is 0 Å². The molecule has 0 saturated carbocycles. The molecule has 0 saturated heterocycles. The van der Waals surface area contributed by atoms with E-state index in [-0.39, 0.29) is 5.75 Å². The van der Waals surface area contributed by atoms with Gasteiger partial charge in [0.2, 0.25) is 0 Å². The number of nitrogens with zero attached hydrogens (tertiary/aromatic N) is 2. The summed E-state index contributed by atoms with van der Waals surface area (Å²) in [6.45, 7) is 0. The van der Waals surface area contributed by atoms with Crippen LogP contribution in [0.5, 0.6) is 5.75 Å². The fourth-order valence-electron chi connectivity index (χ4n) is 1.53. The summed E-state index contributed by atoms with van der Waals surface area (Å²) in [4.78, 5) is 0. The van der Waals surface area contributed by atoms with Crippen molar-refractivity contribution in [2.24, 2.45) is 10.1 Å². The molecule has 2 aromatic rings. The van der Waals surface area contributed by atoms with Crippen LogP contribution >= 0.6 is 0 Å². The van der Waals surface area contributed by atoms with Crippen LogP contribution in [0.3, 0.4) is 0 Å². The molecule has 0 unspecified atom stereocenters. The van der Waals surface area contributed by atoms with E-state index in [2.05, 4.69) is 10.1 Å². The van der Waals surface area contributed by atoms with E-state index in [1.807, 2.05) is 6.07 Å². The van der Waals surface area contributed by atoms with Gasteiger partial charge < -0.3 is 10.8 Å². The molecule has 0 atom stereocenters. The molecule has 5 heteroatoms. The van der Waals surface area contributed by atoms with E-state index in [1.54, 1.807) is 24.3 Å². The van der Waals surface area contributed by atoms with Gasteiger partial charge in [-0.25, -0.2) is 0 Å². The second-order valence-corrected chi connectivity index (χ2v) is 3.09. The van der Waals surface area contributed by atoms with Gasteiger partial charge in [-0.05, 0) is 17.5 Å². The van der Waals surface area contributed by atoms with Gasteiger partial charge in [-0.3, -0.25) is 5.03 Å². The summed E-state index contributed by atoms with van der Waals surface area (Å²) in [5.74, 6) is 0.124. The largest absolute Gasteiger partial charge is 0.507 e. The third-order valence-corrected chi connectivity index (χ3v) is 2.21. The molecule has 4 nitrogen and oxygen atoms in total. The molecule has 0 amide bonds. The lowest BCUT2D eigenvalue weighted by Gasteiger charge is -2.06. The van der Waals surface area contributed by atoms with Crippen molar-refractivity contribution >= 4 is 30.1 Å². The van der Waals surface area contributed by atoms with Gasteiger partial charge in [0.25, 0.3) is 7.98 Å². The summed E-state index contributed by atoms with van der Waals surface area (Å²) < 4.78 is 0. The van der Waals surface area contributed by atoms with E-state index in [9.17, 15) is 5.11 Å². The van der Waals surface area contributed by atoms with Gasteiger partial charge in [0, 0.05) is 5.39 Å². The highest BCUT2D eigenvalue weighted by molar-refractivity contribution is 6.05. The van der Waals surface area contributed by atoms with Crippen molar-refractivity contribution in [1.29, 1.82) is 0 Å². The monoisotopic (exact) mass is 197 g/mol.